The largest absolute Gasteiger partial charge is 0.347 e. The fourth-order valence-electron chi connectivity index (χ4n) is 2.25. The molecule has 1 aromatic heterocycles. The van der Waals surface area contributed by atoms with E-state index in [1.165, 1.54) is 0 Å². The standard InChI is InChI=1S/C14H22N2O/c1-13(2,3)10-14(4,5)16-12(17)11-6-8-15-9-7-11/h6-9H,10H2,1-5H3,(H,16,17). The highest BCUT2D eigenvalue weighted by atomic mass is 16.1. The van der Waals surface area contributed by atoms with Gasteiger partial charge in [-0.25, -0.2) is 0 Å². The van der Waals surface area contributed by atoms with Crippen LogP contribution in [0.5, 0.6) is 0 Å². The summed E-state index contributed by atoms with van der Waals surface area (Å²) in [5.41, 5.74) is 0.634. The van der Waals surface area contributed by atoms with Crippen molar-refractivity contribution in [1.82, 2.24) is 10.3 Å². The number of rotatable bonds is 3. The Hall–Kier alpha value is -1.38. The Bertz CT molecular complexity index is 377. The van der Waals surface area contributed by atoms with Crippen molar-refractivity contribution in [3.63, 3.8) is 0 Å². The Balaban J connectivity index is 2.69. The smallest absolute Gasteiger partial charge is 0.251 e. The quantitative estimate of drug-likeness (QED) is 0.873. The van der Waals surface area contributed by atoms with E-state index in [4.69, 9.17) is 0 Å². The fraction of sp³-hybridized carbons (Fsp3) is 0.571. The molecule has 0 unspecified atom stereocenters. The van der Waals surface area contributed by atoms with Gasteiger partial charge in [0.25, 0.3) is 5.91 Å². The van der Waals surface area contributed by atoms with Crippen LogP contribution in [-0.2, 0) is 0 Å². The Kier molecular flexibility index (Phi) is 3.91. The maximum Gasteiger partial charge on any atom is 0.251 e. The van der Waals surface area contributed by atoms with Crippen LogP contribution in [0.1, 0.15) is 51.4 Å². The minimum Gasteiger partial charge on any atom is -0.347 e. The second-order valence-corrected chi connectivity index (χ2v) is 6.31. The molecule has 0 aliphatic carbocycles. The molecule has 1 heterocycles. The van der Waals surface area contributed by atoms with E-state index in [-0.39, 0.29) is 16.9 Å². The van der Waals surface area contributed by atoms with Crippen LogP contribution in [0, 0.1) is 5.41 Å². The molecule has 1 aromatic rings. The van der Waals surface area contributed by atoms with E-state index in [9.17, 15) is 4.79 Å². The second kappa shape index (κ2) is 4.86. The summed E-state index contributed by atoms with van der Waals surface area (Å²) >= 11 is 0. The molecule has 0 aliphatic rings. The number of carbonyl (C=O) groups is 1. The molecule has 1 amide bonds. The van der Waals surface area contributed by atoms with Crippen LogP contribution in [0.2, 0.25) is 0 Å². The predicted molar refractivity (Wildman–Crippen MR) is 69.9 cm³/mol. The third kappa shape index (κ3) is 4.98. The lowest BCUT2D eigenvalue weighted by atomic mass is 9.81. The molecule has 0 saturated heterocycles. The molecule has 0 saturated carbocycles. The van der Waals surface area contributed by atoms with Crippen molar-refractivity contribution in [2.24, 2.45) is 5.41 Å². The van der Waals surface area contributed by atoms with Crippen molar-refractivity contribution in [3.8, 4) is 0 Å². The first-order chi connectivity index (χ1) is 7.70. The van der Waals surface area contributed by atoms with Gasteiger partial charge < -0.3 is 5.32 Å². The van der Waals surface area contributed by atoms with Gasteiger partial charge in [0.15, 0.2) is 0 Å². The van der Waals surface area contributed by atoms with E-state index in [0.29, 0.717) is 5.56 Å². The van der Waals surface area contributed by atoms with Crippen molar-refractivity contribution in [2.45, 2.75) is 46.6 Å². The van der Waals surface area contributed by atoms with Crippen LogP contribution >= 0.6 is 0 Å². The summed E-state index contributed by atoms with van der Waals surface area (Å²) in [5.74, 6) is -0.0401. The van der Waals surface area contributed by atoms with E-state index in [1.54, 1.807) is 24.5 Å². The van der Waals surface area contributed by atoms with Crippen LogP contribution < -0.4 is 5.32 Å². The number of nitrogens with zero attached hydrogens (tertiary/aromatic N) is 1. The highest BCUT2D eigenvalue weighted by Crippen LogP contribution is 2.26. The monoisotopic (exact) mass is 234 g/mol. The molecule has 0 spiro atoms. The Morgan fingerprint density at radius 1 is 1.18 bits per heavy atom. The first-order valence-electron chi connectivity index (χ1n) is 5.92. The number of hydrogen-bond acceptors (Lipinski definition) is 2. The number of aromatic nitrogens is 1. The van der Waals surface area contributed by atoms with Crippen LogP contribution in [0.4, 0.5) is 0 Å². The molecule has 17 heavy (non-hydrogen) atoms. The van der Waals surface area contributed by atoms with Gasteiger partial charge in [0.2, 0.25) is 0 Å². The van der Waals surface area contributed by atoms with Crippen molar-refractivity contribution < 1.29 is 4.79 Å². The molecule has 3 nitrogen and oxygen atoms in total. The van der Waals surface area contributed by atoms with Gasteiger partial charge in [-0.2, -0.15) is 0 Å². The number of carbonyl (C=O) groups excluding carboxylic acids is 1. The van der Waals surface area contributed by atoms with Gasteiger partial charge in [-0.05, 0) is 37.8 Å². The van der Waals surface area contributed by atoms with Crippen molar-refractivity contribution in [3.05, 3.63) is 30.1 Å². The van der Waals surface area contributed by atoms with E-state index < -0.39 is 0 Å². The van der Waals surface area contributed by atoms with Gasteiger partial charge in [0.05, 0.1) is 0 Å². The van der Waals surface area contributed by atoms with Gasteiger partial charge in [-0.15, -0.1) is 0 Å². The molecule has 1 rings (SSSR count). The maximum absolute atomic E-state index is 12.0. The number of pyridine rings is 1. The zero-order valence-electron chi connectivity index (χ0n) is 11.4. The predicted octanol–water partition coefficient (Wildman–Crippen LogP) is 3.03. The topological polar surface area (TPSA) is 42.0 Å². The van der Waals surface area contributed by atoms with E-state index >= 15 is 0 Å². The average molecular weight is 234 g/mol. The summed E-state index contributed by atoms with van der Waals surface area (Å²) in [4.78, 5) is 15.9. The molecule has 3 heteroatoms. The summed E-state index contributed by atoms with van der Waals surface area (Å²) in [6, 6.07) is 3.45. The average Bonchev–Trinajstić information content (AvgIpc) is 2.14. The number of amides is 1. The molecular weight excluding hydrogens is 212 g/mol. The molecule has 0 bridgehead atoms. The van der Waals surface area contributed by atoms with Crippen LogP contribution in [-0.4, -0.2) is 16.4 Å². The zero-order valence-corrected chi connectivity index (χ0v) is 11.4. The lowest BCUT2D eigenvalue weighted by molar-refractivity contribution is 0.0891. The summed E-state index contributed by atoms with van der Waals surface area (Å²) in [5, 5.41) is 3.06. The van der Waals surface area contributed by atoms with Crippen LogP contribution in [0.25, 0.3) is 0 Å². The molecule has 0 aliphatic heterocycles. The summed E-state index contributed by atoms with van der Waals surface area (Å²) in [6.45, 7) is 10.6. The normalized spacial score (nSPS) is 12.3. The van der Waals surface area contributed by atoms with Gasteiger partial charge >= 0.3 is 0 Å². The first-order valence-corrected chi connectivity index (χ1v) is 5.92. The van der Waals surface area contributed by atoms with Crippen molar-refractivity contribution >= 4 is 5.91 Å². The minimum absolute atomic E-state index is 0.0401. The lowest BCUT2D eigenvalue weighted by Gasteiger charge is -2.33. The molecule has 1 N–H and O–H groups in total. The van der Waals surface area contributed by atoms with E-state index in [1.807, 2.05) is 0 Å². The summed E-state index contributed by atoms with van der Waals surface area (Å²) in [7, 11) is 0. The molecule has 0 fully saturated rings. The maximum atomic E-state index is 12.0. The zero-order chi connectivity index (χ0) is 13.1. The Labute approximate surface area is 104 Å². The van der Waals surface area contributed by atoms with Crippen LogP contribution in [0.3, 0.4) is 0 Å². The number of nitrogens with one attached hydrogen (secondary N) is 1. The second-order valence-electron chi connectivity index (χ2n) is 6.31. The van der Waals surface area contributed by atoms with E-state index in [2.05, 4.69) is 44.9 Å². The molecule has 0 radical (unpaired) electrons. The van der Waals surface area contributed by atoms with Crippen LogP contribution in [0.15, 0.2) is 24.5 Å². The molecule has 0 aromatic carbocycles. The third-order valence-corrected chi connectivity index (χ3v) is 2.37. The third-order valence-electron chi connectivity index (χ3n) is 2.37. The van der Waals surface area contributed by atoms with Gasteiger partial charge in [0.1, 0.15) is 0 Å². The fourth-order valence-corrected chi connectivity index (χ4v) is 2.25. The Morgan fingerprint density at radius 2 is 1.71 bits per heavy atom. The van der Waals surface area contributed by atoms with Crippen molar-refractivity contribution in [1.29, 1.82) is 0 Å². The first kappa shape index (κ1) is 13.7. The number of hydrogen-bond donors (Lipinski definition) is 1. The van der Waals surface area contributed by atoms with Crippen molar-refractivity contribution in [2.75, 3.05) is 0 Å². The molecule has 0 atom stereocenters. The highest BCUT2D eigenvalue weighted by molar-refractivity contribution is 5.94. The van der Waals surface area contributed by atoms with Gasteiger partial charge in [0, 0.05) is 23.5 Å². The molecule has 94 valence electrons. The minimum atomic E-state index is -0.210. The highest BCUT2D eigenvalue weighted by Gasteiger charge is 2.27. The van der Waals surface area contributed by atoms with Gasteiger partial charge in [-0.3, -0.25) is 9.78 Å². The molecular formula is C14H22N2O. The summed E-state index contributed by atoms with van der Waals surface area (Å²) < 4.78 is 0. The Morgan fingerprint density at radius 3 is 2.18 bits per heavy atom. The lowest BCUT2D eigenvalue weighted by Crippen LogP contribution is -2.45. The summed E-state index contributed by atoms with van der Waals surface area (Å²) in [6.07, 6.45) is 4.19. The SMILES string of the molecule is CC(C)(C)CC(C)(C)NC(=O)c1ccncc1. The van der Waals surface area contributed by atoms with Gasteiger partial charge in [-0.1, -0.05) is 20.8 Å². The van der Waals surface area contributed by atoms with E-state index in [0.717, 1.165) is 6.42 Å².